The predicted molar refractivity (Wildman–Crippen MR) is 94.1 cm³/mol. The molecular weight excluding hydrogens is 274 g/mol. The van der Waals surface area contributed by atoms with Crippen molar-refractivity contribution in [2.75, 3.05) is 5.32 Å². The lowest BCUT2D eigenvalue weighted by molar-refractivity contribution is 0.366. The van der Waals surface area contributed by atoms with E-state index >= 15 is 0 Å². The molecule has 2 saturated carbocycles. The van der Waals surface area contributed by atoms with E-state index in [4.69, 9.17) is 0 Å². The Kier molecular flexibility index (Phi) is 4.54. The minimum Gasteiger partial charge on any atom is -0.381 e. The second kappa shape index (κ2) is 6.24. The van der Waals surface area contributed by atoms with Crippen LogP contribution < -0.4 is 5.32 Å². The first-order valence-electron chi connectivity index (χ1n) is 8.56. The Hall–Kier alpha value is -0.630. The molecule has 0 amide bonds. The maximum Gasteiger partial charge on any atom is 0.0480 e. The van der Waals surface area contributed by atoms with Crippen molar-refractivity contribution in [2.24, 2.45) is 11.3 Å². The highest BCUT2D eigenvalue weighted by molar-refractivity contribution is 8.00. The van der Waals surface area contributed by atoms with Gasteiger partial charge in [-0.25, -0.2) is 0 Å². The van der Waals surface area contributed by atoms with E-state index in [0.29, 0.717) is 11.5 Å². The van der Waals surface area contributed by atoms with Gasteiger partial charge in [-0.05, 0) is 49.1 Å². The van der Waals surface area contributed by atoms with Gasteiger partial charge in [-0.1, -0.05) is 45.7 Å². The zero-order valence-corrected chi connectivity index (χ0v) is 14.5. The zero-order chi connectivity index (χ0) is 14.9. The molecule has 1 N–H and O–H groups in total. The molecule has 1 aromatic carbocycles. The SMILES string of the molecule is CC1CC(C)(C)CC1Nc1ccccc1SC1CCCC1. The highest BCUT2D eigenvalue weighted by Gasteiger charge is 2.36. The Morgan fingerprint density at radius 2 is 1.81 bits per heavy atom. The fourth-order valence-electron chi connectivity index (χ4n) is 4.16. The van der Waals surface area contributed by atoms with Crippen LogP contribution in [0.1, 0.15) is 59.3 Å². The molecule has 0 aliphatic heterocycles. The van der Waals surface area contributed by atoms with Crippen molar-refractivity contribution >= 4 is 17.4 Å². The molecule has 2 aliphatic carbocycles. The van der Waals surface area contributed by atoms with Crippen LogP contribution in [0.4, 0.5) is 5.69 Å². The summed E-state index contributed by atoms with van der Waals surface area (Å²) < 4.78 is 0. The Morgan fingerprint density at radius 1 is 1.10 bits per heavy atom. The van der Waals surface area contributed by atoms with Crippen molar-refractivity contribution in [3.8, 4) is 0 Å². The number of para-hydroxylation sites is 1. The molecule has 0 heterocycles. The lowest BCUT2D eigenvalue weighted by Crippen LogP contribution is -2.22. The summed E-state index contributed by atoms with van der Waals surface area (Å²) in [5.74, 6) is 0.768. The fraction of sp³-hybridized carbons (Fsp3) is 0.684. The van der Waals surface area contributed by atoms with Crippen LogP contribution >= 0.6 is 11.8 Å². The van der Waals surface area contributed by atoms with Gasteiger partial charge in [-0.15, -0.1) is 11.8 Å². The summed E-state index contributed by atoms with van der Waals surface area (Å²) >= 11 is 2.10. The van der Waals surface area contributed by atoms with Crippen LogP contribution in [0.5, 0.6) is 0 Å². The number of nitrogens with one attached hydrogen (secondary N) is 1. The monoisotopic (exact) mass is 303 g/mol. The Bertz CT molecular complexity index is 476. The second-order valence-corrected chi connectivity index (χ2v) is 9.16. The first kappa shape index (κ1) is 15.3. The largest absolute Gasteiger partial charge is 0.381 e. The average molecular weight is 304 g/mol. The predicted octanol–water partition coefficient (Wildman–Crippen LogP) is 5.96. The summed E-state index contributed by atoms with van der Waals surface area (Å²) in [7, 11) is 0. The minimum absolute atomic E-state index is 0.491. The number of anilines is 1. The van der Waals surface area contributed by atoms with E-state index in [-0.39, 0.29) is 0 Å². The topological polar surface area (TPSA) is 12.0 Å². The standard InChI is InChI=1S/C19H29NS/c1-14-12-19(2,3)13-17(14)20-16-10-6-7-11-18(16)21-15-8-4-5-9-15/h6-7,10-11,14-15,17,20H,4-5,8-9,12-13H2,1-3H3. The van der Waals surface area contributed by atoms with Gasteiger partial charge in [-0.3, -0.25) is 0 Å². The van der Waals surface area contributed by atoms with Crippen molar-refractivity contribution in [3.05, 3.63) is 24.3 Å². The molecule has 0 radical (unpaired) electrons. The Labute approximate surface area is 134 Å². The van der Waals surface area contributed by atoms with E-state index in [0.717, 1.165) is 11.2 Å². The van der Waals surface area contributed by atoms with Crippen LogP contribution in [0.2, 0.25) is 0 Å². The van der Waals surface area contributed by atoms with Crippen molar-refractivity contribution < 1.29 is 0 Å². The van der Waals surface area contributed by atoms with Gasteiger partial charge in [0.05, 0.1) is 0 Å². The Morgan fingerprint density at radius 3 is 2.48 bits per heavy atom. The molecule has 0 aromatic heterocycles. The molecule has 21 heavy (non-hydrogen) atoms. The minimum atomic E-state index is 0.491. The molecule has 3 rings (SSSR count). The number of hydrogen-bond donors (Lipinski definition) is 1. The molecule has 2 fully saturated rings. The normalized spacial score (nSPS) is 28.9. The van der Waals surface area contributed by atoms with Crippen molar-refractivity contribution in [1.29, 1.82) is 0 Å². The quantitative estimate of drug-likeness (QED) is 0.736. The van der Waals surface area contributed by atoms with Crippen LogP contribution in [0, 0.1) is 11.3 Å². The first-order chi connectivity index (χ1) is 10.0. The van der Waals surface area contributed by atoms with E-state index in [9.17, 15) is 0 Å². The van der Waals surface area contributed by atoms with E-state index in [1.54, 1.807) is 0 Å². The molecule has 2 heteroatoms. The smallest absolute Gasteiger partial charge is 0.0480 e. The molecule has 2 aliphatic rings. The van der Waals surface area contributed by atoms with Gasteiger partial charge in [0.15, 0.2) is 0 Å². The number of benzene rings is 1. The van der Waals surface area contributed by atoms with Crippen LogP contribution in [0.3, 0.4) is 0 Å². The van der Waals surface area contributed by atoms with Gasteiger partial charge < -0.3 is 5.32 Å². The first-order valence-corrected chi connectivity index (χ1v) is 9.44. The summed E-state index contributed by atoms with van der Waals surface area (Å²) in [4.78, 5) is 1.46. The molecule has 1 nitrogen and oxygen atoms in total. The highest BCUT2D eigenvalue weighted by atomic mass is 32.2. The summed E-state index contributed by atoms with van der Waals surface area (Å²) in [6.07, 6.45) is 8.25. The van der Waals surface area contributed by atoms with Gasteiger partial charge in [0, 0.05) is 21.9 Å². The number of hydrogen-bond acceptors (Lipinski definition) is 2. The third kappa shape index (κ3) is 3.77. The number of rotatable bonds is 4. The molecule has 1 aromatic rings. The van der Waals surface area contributed by atoms with E-state index in [1.165, 1.54) is 49.1 Å². The van der Waals surface area contributed by atoms with E-state index < -0.39 is 0 Å². The van der Waals surface area contributed by atoms with Crippen LogP contribution in [0.25, 0.3) is 0 Å². The maximum absolute atomic E-state index is 3.87. The third-order valence-corrected chi connectivity index (χ3v) is 6.57. The molecule has 0 saturated heterocycles. The lowest BCUT2D eigenvalue weighted by atomic mass is 9.91. The highest BCUT2D eigenvalue weighted by Crippen LogP contribution is 2.44. The molecule has 2 unspecified atom stereocenters. The molecule has 0 spiro atoms. The summed E-state index contributed by atoms with van der Waals surface area (Å²) in [5.41, 5.74) is 1.86. The third-order valence-electron chi connectivity index (χ3n) is 5.16. The zero-order valence-electron chi connectivity index (χ0n) is 13.7. The van der Waals surface area contributed by atoms with Gasteiger partial charge in [0.1, 0.15) is 0 Å². The lowest BCUT2D eigenvalue weighted by Gasteiger charge is -2.22. The van der Waals surface area contributed by atoms with Gasteiger partial charge in [0.2, 0.25) is 0 Å². The van der Waals surface area contributed by atoms with Crippen LogP contribution in [-0.4, -0.2) is 11.3 Å². The van der Waals surface area contributed by atoms with Crippen LogP contribution in [-0.2, 0) is 0 Å². The van der Waals surface area contributed by atoms with Gasteiger partial charge >= 0.3 is 0 Å². The van der Waals surface area contributed by atoms with E-state index in [1.807, 2.05) is 0 Å². The molecule has 116 valence electrons. The van der Waals surface area contributed by atoms with Crippen molar-refractivity contribution in [3.63, 3.8) is 0 Å². The number of thioether (sulfide) groups is 1. The summed E-state index contributed by atoms with van der Waals surface area (Å²) in [6.45, 7) is 7.22. The van der Waals surface area contributed by atoms with Crippen molar-refractivity contribution in [2.45, 2.75) is 75.5 Å². The van der Waals surface area contributed by atoms with Gasteiger partial charge in [-0.2, -0.15) is 0 Å². The average Bonchev–Trinajstić information content (AvgIpc) is 3.00. The van der Waals surface area contributed by atoms with Crippen LogP contribution in [0.15, 0.2) is 29.2 Å². The molecule has 0 bridgehead atoms. The summed E-state index contributed by atoms with van der Waals surface area (Å²) in [6, 6.07) is 9.56. The fourth-order valence-corrected chi connectivity index (χ4v) is 5.50. The summed E-state index contributed by atoms with van der Waals surface area (Å²) in [5, 5.41) is 4.71. The maximum atomic E-state index is 3.87. The molecular formula is C19H29NS. The van der Waals surface area contributed by atoms with E-state index in [2.05, 4.69) is 62.1 Å². The van der Waals surface area contributed by atoms with Gasteiger partial charge in [0.25, 0.3) is 0 Å². The Balaban J connectivity index is 1.70. The van der Waals surface area contributed by atoms with Crippen molar-refractivity contribution in [1.82, 2.24) is 0 Å². The second-order valence-electron chi connectivity index (χ2n) is 7.82. The molecule has 2 atom stereocenters.